The van der Waals surface area contributed by atoms with Crippen molar-refractivity contribution in [3.8, 4) is 0 Å². The van der Waals surface area contributed by atoms with Crippen LogP contribution in [0.3, 0.4) is 0 Å². The van der Waals surface area contributed by atoms with Crippen LogP contribution in [0.2, 0.25) is 0 Å². The molecule has 0 radical (unpaired) electrons. The van der Waals surface area contributed by atoms with E-state index in [1.54, 1.807) is 24.3 Å². The van der Waals surface area contributed by atoms with Gasteiger partial charge in [-0.05, 0) is 23.8 Å². The average molecular weight is 340 g/mol. The third-order valence-electron chi connectivity index (χ3n) is 3.52. The lowest BCUT2D eigenvalue weighted by atomic mass is 10.1. The molecule has 0 bridgehead atoms. The summed E-state index contributed by atoms with van der Waals surface area (Å²) in [6, 6.07) is 15.0. The van der Waals surface area contributed by atoms with E-state index in [2.05, 4.69) is 10.6 Å². The van der Waals surface area contributed by atoms with Crippen LogP contribution in [0.4, 0.5) is 5.69 Å². The molecular formula is C19H20N2O4. The van der Waals surface area contributed by atoms with Gasteiger partial charge in [-0.25, -0.2) is 4.79 Å². The molecule has 0 saturated heterocycles. The van der Waals surface area contributed by atoms with Gasteiger partial charge in [0.05, 0.1) is 7.11 Å². The van der Waals surface area contributed by atoms with Crippen LogP contribution >= 0.6 is 0 Å². The van der Waals surface area contributed by atoms with Crippen molar-refractivity contribution in [3.63, 3.8) is 0 Å². The first-order chi connectivity index (χ1) is 12.0. The quantitative estimate of drug-likeness (QED) is 0.789. The van der Waals surface area contributed by atoms with Crippen LogP contribution in [0, 0.1) is 0 Å². The van der Waals surface area contributed by atoms with E-state index in [-0.39, 0.29) is 5.91 Å². The Kier molecular flexibility index (Phi) is 6.28. The van der Waals surface area contributed by atoms with Gasteiger partial charge in [0.25, 0.3) is 5.91 Å². The van der Waals surface area contributed by atoms with Gasteiger partial charge >= 0.3 is 5.97 Å². The largest absolute Gasteiger partial charge is 0.467 e. The number of hydrogen-bond donors (Lipinski definition) is 2. The highest BCUT2D eigenvalue weighted by Gasteiger charge is 2.22. The van der Waals surface area contributed by atoms with Crippen molar-refractivity contribution in [1.82, 2.24) is 5.32 Å². The van der Waals surface area contributed by atoms with E-state index in [0.717, 1.165) is 5.56 Å². The van der Waals surface area contributed by atoms with E-state index in [4.69, 9.17) is 4.74 Å². The maximum atomic E-state index is 12.5. The zero-order valence-corrected chi connectivity index (χ0v) is 14.1. The van der Waals surface area contributed by atoms with Crippen LogP contribution in [-0.4, -0.2) is 30.9 Å². The highest BCUT2D eigenvalue weighted by atomic mass is 16.5. The van der Waals surface area contributed by atoms with Gasteiger partial charge in [-0.1, -0.05) is 36.4 Å². The SMILES string of the molecule is COC(=O)[C@H](Cc1ccccc1)NC(=O)c1cccc(NC(C)=O)c1. The standard InChI is InChI=1S/C19H20N2O4/c1-13(22)20-16-10-6-9-15(12-16)18(23)21-17(19(24)25-2)11-14-7-4-3-5-8-14/h3-10,12,17H,11H2,1-2H3,(H,20,22)(H,21,23)/t17-/m0/s1. The first-order valence-corrected chi connectivity index (χ1v) is 7.80. The Morgan fingerprint density at radius 3 is 2.40 bits per heavy atom. The fraction of sp³-hybridized carbons (Fsp3) is 0.211. The van der Waals surface area contributed by atoms with Gasteiger partial charge in [0.2, 0.25) is 5.91 Å². The van der Waals surface area contributed by atoms with Crippen molar-refractivity contribution >= 4 is 23.5 Å². The van der Waals surface area contributed by atoms with Crippen molar-refractivity contribution in [2.45, 2.75) is 19.4 Å². The number of amides is 2. The fourth-order valence-electron chi connectivity index (χ4n) is 2.37. The number of benzene rings is 2. The van der Waals surface area contributed by atoms with Crippen LogP contribution in [0.15, 0.2) is 54.6 Å². The van der Waals surface area contributed by atoms with Crippen LogP contribution < -0.4 is 10.6 Å². The molecule has 2 aromatic carbocycles. The topological polar surface area (TPSA) is 84.5 Å². The molecule has 0 saturated carbocycles. The minimum atomic E-state index is -0.802. The van der Waals surface area contributed by atoms with Crippen molar-refractivity contribution in [1.29, 1.82) is 0 Å². The van der Waals surface area contributed by atoms with Crippen LogP contribution in [0.1, 0.15) is 22.8 Å². The Morgan fingerprint density at radius 1 is 1.04 bits per heavy atom. The lowest BCUT2D eigenvalue weighted by Crippen LogP contribution is -2.43. The highest BCUT2D eigenvalue weighted by Crippen LogP contribution is 2.12. The number of carbonyl (C=O) groups excluding carboxylic acids is 3. The van der Waals surface area contributed by atoms with Gasteiger partial charge in [-0.3, -0.25) is 9.59 Å². The van der Waals surface area contributed by atoms with Gasteiger partial charge in [0, 0.05) is 24.6 Å². The van der Waals surface area contributed by atoms with E-state index in [1.165, 1.54) is 14.0 Å². The van der Waals surface area contributed by atoms with Gasteiger partial charge in [0.15, 0.2) is 0 Å². The molecule has 2 aromatic rings. The molecule has 0 aliphatic rings. The number of nitrogens with one attached hydrogen (secondary N) is 2. The zero-order valence-electron chi connectivity index (χ0n) is 14.1. The number of anilines is 1. The smallest absolute Gasteiger partial charge is 0.328 e. The number of rotatable bonds is 6. The minimum absolute atomic E-state index is 0.228. The summed E-state index contributed by atoms with van der Waals surface area (Å²) in [7, 11) is 1.28. The highest BCUT2D eigenvalue weighted by molar-refractivity contribution is 5.98. The lowest BCUT2D eigenvalue weighted by Gasteiger charge is -2.17. The second kappa shape index (κ2) is 8.63. The molecule has 1 atom stereocenters. The molecule has 25 heavy (non-hydrogen) atoms. The summed E-state index contributed by atoms with van der Waals surface area (Å²) in [6.45, 7) is 1.39. The molecule has 0 aromatic heterocycles. The lowest BCUT2D eigenvalue weighted by molar-refractivity contribution is -0.142. The Bertz CT molecular complexity index is 759. The van der Waals surface area contributed by atoms with E-state index >= 15 is 0 Å². The molecule has 6 nitrogen and oxygen atoms in total. The summed E-state index contributed by atoms with van der Waals surface area (Å²) in [4.78, 5) is 35.6. The van der Waals surface area contributed by atoms with Gasteiger partial charge < -0.3 is 15.4 Å². The Labute approximate surface area is 146 Å². The first-order valence-electron chi connectivity index (χ1n) is 7.80. The number of esters is 1. The number of ether oxygens (including phenoxy) is 1. The van der Waals surface area contributed by atoms with E-state index in [1.807, 2.05) is 30.3 Å². The summed E-state index contributed by atoms with van der Waals surface area (Å²) in [5, 5.41) is 5.30. The van der Waals surface area contributed by atoms with Crippen molar-refractivity contribution in [2.24, 2.45) is 0 Å². The van der Waals surface area contributed by atoms with Crippen molar-refractivity contribution in [3.05, 3.63) is 65.7 Å². The maximum Gasteiger partial charge on any atom is 0.328 e. The van der Waals surface area contributed by atoms with Crippen LogP contribution in [0.5, 0.6) is 0 Å². The molecule has 2 amide bonds. The molecule has 0 fully saturated rings. The number of hydrogen-bond acceptors (Lipinski definition) is 4. The summed E-state index contributed by atoms with van der Waals surface area (Å²) in [5.74, 6) is -1.16. The molecule has 0 aliphatic heterocycles. The summed E-state index contributed by atoms with van der Waals surface area (Å²) in [6.07, 6.45) is 0.324. The Morgan fingerprint density at radius 2 is 1.76 bits per heavy atom. The molecule has 130 valence electrons. The summed E-state index contributed by atoms with van der Waals surface area (Å²) < 4.78 is 4.79. The van der Waals surface area contributed by atoms with Crippen LogP contribution in [-0.2, 0) is 20.7 Å². The fourth-order valence-corrected chi connectivity index (χ4v) is 2.37. The molecule has 2 N–H and O–H groups in total. The molecule has 6 heteroatoms. The van der Waals surface area contributed by atoms with Crippen LogP contribution in [0.25, 0.3) is 0 Å². The van der Waals surface area contributed by atoms with E-state index < -0.39 is 17.9 Å². The monoisotopic (exact) mass is 340 g/mol. The molecule has 2 rings (SSSR count). The number of carbonyl (C=O) groups is 3. The first kappa shape index (κ1) is 18.2. The molecule has 0 heterocycles. The normalized spacial score (nSPS) is 11.3. The Hall–Kier alpha value is -3.15. The second-order valence-electron chi connectivity index (χ2n) is 5.50. The third kappa shape index (κ3) is 5.46. The molecule has 0 unspecified atom stereocenters. The van der Waals surface area contributed by atoms with Gasteiger partial charge in [-0.2, -0.15) is 0 Å². The predicted octanol–water partition coefficient (Wildman–Crippen LogP) is 2.16. The summed E-state index contributed by atoms with van der Waals surface area (Å²) >= 11 is 0. The zero-order chi connectivity index (χ0) is 18.2. The van der Waals surface area contributed by atoms with Crippen molar-refractivity contribution in [2.75, 3.05) is 12.4 Å². The molecular weight excluding hydrogens is 320 g/mol. The number of methoxy groups -OCH3 is 1. The van der Waals surface area contributed by atoms with Gasteiger partial charge in [0.1, 0.15) is 6.04 Å². The third-order valence-corrected chi connectivity index (χ3v) is 3.52. The van der Waals surface area contributed by atoms with E-state index in [0.29, 0.717) is 17.7 Å². The average Bonchev–Trinajstić information content (AvgIpc) is 2.61. The molecule has 0 spiro atoms. The molecule has 0 aliphatic carbocycles. The minimum Gasteiger partial charge on any atom is -0.467 e. The maximum absolute atomic E-state index is 12.5. The van der Waals surface area contributed by atoms with E-state index in [9.17, 15) is 14.4 Å². The predicted molar refractivity (Wildman–Crippen MR) is 94.2 cm³/mol. The van der Waals surface area contributed by atoms with Gasteiger partial charge in [-0.15, -0.1) is 0 Å². The Balaban J connectivity index is 2.13. The summed E-state index contributed by atoms with van der Waals surface area (Å²) in [5.41, 5.74) is 1.76. The van der Waals surface area contributed by atoms with Crippen molar-refractivity contribution < 1.29 is 19.1 Å². The second-order valence-corrected chi connectivity index (χ2v) is 5.50.